The van der Waals surface area contributed by atoms with Gasteiger partial charge in [-0.15, -0.1) is 0 Å². The van der Waals surface area contributed by atoms with Gasteiger partial charge in [0.2, 0.25) is 0 Å². The molecule has 5 nitrogen and oxygen atoms in total. The Hall–Kier alpha value is -1.65. The standard InChI is InChI=1S/C10H13N5/c1-2-7-5-9(13-8-3-4-8)15-10(14-7)11-6-12-15/h5-6,8,13H,2-4H2,1H3. The quantitative estimate of drug-likeness (QED) is 0.816. The van der Waals surface area contributed by atoms with E-state index < -0.39 is 0 Å². The van der Waals surface area contributed by atoms with Crippen LogP contribution in [0.4, 0.5) is 5.82 Å². The van der Waals surface area contributed by atoms with E-state index in [1.54, 1.807) is 10.8 Å². The topological polar surface area (TPSA) is 55.1 Å². The van der Waals surface area contributed by atoms with Crippen LogP contribution < -0.4 is 5.32 Å². The first-order valence-corrected chi connectivity index (χ1v) is 5.33. The molecule has 2 aromatic heterocycles. The van der Waals surface area contributed by atoms with Gasteiger partial charge in [-0.2, -0.15) is 14.6 Å². The fourth-order valence-corrected chi connectivity index (χ4v) is 1.58. The SMILES string of the molecule is CCc1cc(NC2CC2)n2ncnc2n1. The first-order valence-electron chi connectivity index (χ1n) is 5.33. The van der Waals surface area contributed by atoms with E-state index in [9.17, 15) is 0 Å². The molecule has 0 aliphatic heterocycles. The van der Waals surface area contributed by atoms with E-state index in [1.807, 2.05) is 0 Å². The summed E-state index contributed by atoms with van der Waals surface area (Å²) in [4.78, 5) is 8.51. The summed E-state index contributed by atoms with van der Waals surface area (Å²) >= 11 is 0. The Morgan fingerprint density at radius 1 is 1.53 bits per heavy atom. The van der Waals surface area contributed by atoms with Crippen molar-refractivity contribution in [1.82, 2.24) is 19.6 Å². The van der Waals surface area contributed by atoms with E-state index in [2.05, 4.69) is 33.4 Å². The van der Waals surface area contributed by atoms with Gasteiger partial charge in [-0.1, -0.05) is 6.92 Å². The van der Waals surface area contributed by atoms with E-state index in [-0.39, 0.29) is 0 Å². The lowest BCUT2D eigenvalue weighted by Crippen LogP contribution is -2.08. The predicted molar refractivity (Wildman–Crippen MR) is 56.8 cm³/mol. The summed E-state index contributed by atoms with van der Waals surface area (Å²) in [6.45, 7) is 2.09. The van der Waals surface area contributed by atoms with Gasteiger partial charge in [-0.3, -0.25) is 0 Å². The Balaban J connectivity index is 2.09. The molecule has 1 aliphatic carbocycles. The molecule has 0 atom stereocenters. The van der Waals surface area contributed by atoms with Crippen molar-refractivity contribution >= 4 is 11.6 Å². The molecule has 15 heavy (non-hydrogen) atoms. The second-order valence-corrected chi connectivity index (χ2v) is 3.88. The highest BCUT2D eigenvalue weighted by molar-refractivity contribution is 5.46. The summed E-state index contributed by atoms with van der Waals surface area (Å²) in [6.07, 6.45) is 4.96. The number of hydrogen-bond donors (Lipinski definition) is 1. The first-order chi connectivity index (χ1) is 7.36. The molecular weight excluding hydrogens is 190 g/mol. The minimum absolute atomic E-state index is 0.615. The van der Waals surface area contributed by atoms with Crippen molar-refractivity contribution in [3.8, 4) is 0 Å². The highest BCUT2D eigenvalue weighted by Crippen LogP contribution is 2.24. The maximum atomic E-state index is 4.39. The van der Waals surface area contributed by atoms with E-state index >= 15 is 0 Å². The van der Waals surface area contributed by atoms with Crippen LogP contribution in [0.3, 0.4) is 0 Å². The van der Waals surface area contributed by atoms with Gasteiger partial charge in [-0.05, 0) is 19.3 Å². The monoisotopic (exact) mass is 203 g/mol. The van der Waals surface area contributed by atoms with Crippen LogP contribution in [0, 0.1) is 0 Å². The molecule has 0 saturated heterocycles. The van der Waals surface area contributed by atoms with Gasteiger partial charge in [0.25, 0.3) is 5.78 Å². The number of fused-ring (bicyclic) bond motifs is 1. The maximum absolute atomic E-state index is 4.39. The third-order valence-corrected chi connectivity index (χ3v) is 2.60. The molecule has 1 saturated carbocycles. The second-order valence-electron chi connectivity index (χ2n) is 3.88. The largest absolute Gasteiger partial charge is 0.367 e. The van der Waals surface area contributed by atoms with Crippen LogP contribution in [0.1, 0.15) is 25.5 Å². The summed E-state index contributed by atoms with van der Waals surface area (Å²) in [5.41, 5.74) is 1.05. The van der Waals surface area contributed by atoms with Gasteiger partial charge in [0.1, 0.15) is 12.1 Å². The van der Waals surface area contributed by atoms with Crippen LogP contribution in [0.5, 0.6) is 0 Å². The average Bonchev–Trinajstić information content (AvgIpc) is 2.93. The summed E-state index contributed by atoms with van der Waals surface area (Å²) < 4.78 is 1.76. The molecule has 5 heteroatoms. The number of anilines is 1. The van der Waals surface area contributed by atoms with Gasteiger partial charge < -0.3 is 5.32 Å². The van der Waals surface area contributed by atoms with Crippen LogP contribution in [0.2, 0.25) is 0 Å². The lowest BCUT2D eigenvalue weighted by molar-refractivity contribution is 0.900. The number of aromatic nitrogens is 4. The number of nitrogens with zero attached hydrogens (tertiary/aromatic N) is 4. The van der Waals surface area contributed by atoms with E-state index in [4.69, 9.17) is 0 Å². The van der Waals surface area contributed by atoms with E-state index in [1.165, 1.54) is 12.8 Å². The van der Waals surface area contributed by atoms with Crippen molar-refractivity contribution in [2.45, 2.75) is 32.2 Å². The molecule has 0 bridgehead atoms. The van der Waals surface area contributed by atoms with Crippen LogP contribution in [0.15, 0.2) is 12.4 Å². The number of hydrogen-bond acceptors (Lipinski definition) is 4. The summed E-state index contributed by atoms with van der Waals surface area (Å²) in [7, 11) is 0. The molecule has 0 spiro atoms. The highest BCUT2D eigenvalue weighted by atomic mass is 15.4. The van der Waals surface area contributed by atoms with Crippen LogP contribution >= 0.6 is 0 Å². The van der Waals surface area contributed by atoms with Gasteiger partial charge in [-0.25, -0.2) is 4.98 Å². The highest BCUT2D eigenvalue weighted by Gasteiger charge is 2.22. The lowest BCUT2D eigenvalue weighted by atomic mass is 10.3. The zero-order valence-corrected chi connectivity index (χ0v) is 8.64. The minimum Gasteiger partial charge on any atom is -0.367 e. The molecule has 0 unspecified atom stereocenters. The fourth-order valence-electron chi connectivity index (χ4n) is 1.58. The Bertz CT molecular complexity index is 486. The van der Waals surface area contributed by atoms with Gasteiger partial charge in [0.15, 0.2) is 0 Å². The molecule has 0 amide bonds. The number of nitrogens with one attached hydrogen (secondary N) is 1. The number of rotatable bonds is 3. The van der Waals surface area contributed by atoms with E-state index in [0.717, 1.165) is 17.9 Å². The van der Waals surface area contributed by atoms with Crippen molar-refractivity contribution in [2.75, 3.05) is 5.32 Å². The Labute approximate surface area is 87.5 Å². The van der Waals surface area contributed by atoms with Crippen molar-refractivity contribution in [3.05, 3.63) is 18.1 Å². The lowest BCUT2D eigenvalue weighted by Gasteiger charge is -2.07. The molecule has 2 heterocycles. The van der Waals surface area contributed by atoms with Crippen molar-refractivity contribution in [3.63, 3.8) is 0 Å². The van der Waals surface area contributed by atoms with Crippen LogP contribution in [0.25, 0.3) is 5.78 Å². The normalized spacial score (nSPS) is 15.8. The molecule has 0 aromatic carbocycles. The van der Waals surface area contributed by atoms with Crippen molar-refractivity contribution in [1.29, 1.82) is 0 Å². The Morgan fingerprint density at radius 2 is 2.40 bits per heavy atom. The van der Waals surface area contributed by atoms with Gasteiger partial charge in [0, 0.05) is 17.8 Å². The minimum atomic E-state index is 0.615. The average molecular weight is 203 g/mol. The van der Waals surface area contributed by atoms with Crippen LogP contribution in [-0.4, -0.2) is 25.6 Å². The third kappa shape index (κ3) is 1.54. The van der Waals surface area contributed by atoms with Gasteiger partial charge in [0.05, 0.1) is 0 Å². The second kappa shape index (κ2) is 3.18. The Morgan fingerprint density at radius 3 is 3.13 bits per heavy atom. The number of aryl methyl sites for hydroxylation is 1. The summed E-state index contributed by atoms with van der Waals surface area (Å²) in [5, 5.41) is 7.60. The molecule has 1 N–H and O–H groups in total. The van der Waals surface area contributed by atoms with Gasteiger partial charge >= 0.3 is 0 Å². The zero-order valence-electron chi connectivity index (χ0n) is 8.64. The Kier molecular flexibility index (Phi) is 1.83. The van der Waals surface area contributed by atoms with Crippen molar-refractivity contribution < 1.29 is 0 Å². The van der Waals surface area contributed by atoms with Crippen LogP contribution in [-0.2, 0) is 6.42 Å². The molecule has 2 aromatic rings. The zero-order chi connectivity index (χ0) is 10.3. The van der Waals surface area contributed by atoms with E-state index in [0.29, 0.717) is 11.8 Å². The first kappa shape index (κ1) is 8.64. The fraction of sp³-hybridized carbons (Fsp3) is 0.500. The predicted octanol–water partition coefficient (Wildman–Crippen LogP) is 1.26. The summed E-state index contributed by atoms with van der Waals surface area (Å²) in [5.74, 6) is 1.69. The molecule has 1 fully saturated rings. The van der Waals surface area contributed by atoms with Crippen molar-refractivity contribution in [2.24, 2.45) is 0 Å². The molecule has 3 rings (SSSR count). The summed E-state index contributed by atoms with van der Waals surface area (Å²) in [6, 6.07) is 2.67. The molecule has 0 radical (unpaired) electrons. The smallest absolute Gasteiger partial charge is 0.254 e. The molecular formula is C10H13N5. The maximum Gasteiger partial charge on any atom is 0.254 e. The molecule has 1 aliphatic rings. The molecule has 78 valence electrons. The third-order valence-electron chi connectivity index (χ3n) is 2.60.